The van der Waals surface area contributed by atoms with Gasteiger partial charge >= 0.3 is 0 Å². The molecule has 0 aromatic heterocycles. The maximum atomic E-state index is 13.0. The van der Waals surface area contributed by atoms with E-state index in [0.717, 1.165) is 25.8 Å². The smallest absolute Gasteiger partial charge is 0.175 e. The Balaban J connectivity index is 1.72. The molecular weight excluding hydrogens is 489 g/mol. The van der Waals surface area contributed by atoms with E-state index in [2.05, 4.69) is 50.2 Å². The lowest BCUT2D eigenvalue weighted by atomic mass is 10.1. The van der Waals surface area contributed by atoms with Crippen molar-refractivity contribution in [2.24, 2.45) is 0 Å². The van der Waals surface area contributed by atoms with Crippen LogP contribution >= 0.6 is 31.9 Å². The van der Waals surface area contributed by atoms with E-state index in [0.29, 0.717) is 24.7 Å². The Morgan fingerprint density at radius 1 is 0.964 bits per heavy atom. The zero-order chi connectivity index (χ0) is 20.1. The molecule has 0 saturated carbocycles. The fourth-order valence-corrected chi connectivity index (χ4v) is 3.85. The van der Waals surface area contributed by atoms with E-state index in [-0.39, 0.29) is 5.82 Å². The standard InChI is InChI=1S/C22H20Br2FNO2/c1-14-9-17(23)5-8-20(14)26-12-16-10-19(24)22(21(11-16)27-2)28-13-15-3-6-18(25)7-4-15/h3-11,26H,12-13H2,1-2H3. The van der Waals surface area contributed by atoms with Crippen molar-refractivity contribution in [3.05, 3.63) is 86.1 Å². The predicted octanol–water partition coefficient (Wildman–Crippen LogP) is 6.86. The summed E-state index contributed by atoms with van der Waals surface area (Å²) in [4.78, 5) is 0. The van der Waals surface area contributed by atoms with E-state index in [1.807, 2.05) is 24.3 Å². The Morgan fingerprint density at radius 3 is 2.39 bits per heavy atom. The highest BCUT2D eigenvalue weighted by molar-refractivity contribution is 9.10. The SMILES string of the molecule is COc1cc(CNc2ccc(Br)cc2C)cc(Br)c1OCc1ccc(F)cc1. The minimum atomic E-state index is -0.264. The quantitative estimate of drug-likeness (QED) is 0.378. The normalized spacial score (nSPS) is 10.6. The van der Waals surface area contributed by atoms with Crippen LogP contribution in [-0.2, 0) is 13.2 Å². The fraction of sp³-hybridized carbons (Fsp3) is 0.182. The molecular formula is C22H20Br2FNO2. The Bertz CT molecular complexity index is 961. The highest BCUT2D eigenvalue weighted by Gasteiger charge is 2.12. The van der Waals surface area contributed by atoms with Crippen molar-refractivity contribution in [3.63, 3.8) is 0 Å². The molecule has 146 valence electrons. The number of halogens is 3. The maximum absolute atomic E-state index is 13.0. The molecule has 0 aliphatic carbocycles. The summed E-state index contributed by atoms with van der Waals surface area (Å²) >= 11 is 7.06. The predicted molar refractivity (Wildman–Crippen MR) is 118 cm³/mol. The van der Waals surface area contributed by atoms with Gasteiger partial charge in [0.15, 0.2) is 11.5 Å². The molecule has 0 aliphatic heterocycles. The molecule has 0 fully saturated rings. The van der Waals surface area contributed by atoms with Gasteiger partial charge in [0.05, 0.1) is 11.6 Å². The van der Waals surface area contributed by atoms with Gasteiger partial charge in [0.2, 0.25) is 0 Å². The van der Waals surface area contributed by atoms with E-state index < -0.39 is 0 Å². The summed E-state index contributed by atoms with van der Waals surface area (Å²) < 4.78 is 26.3. The summed E-state index contributed by atoms with van der Waals surface area (Å²) in [7, 11) is 1.61. The Kier molecular flexibility index (Phi) is 6.97. The third-order valence-corrected chi connectivity index (χ3v) is 5.34. The second-order valence-electron chi connectivity index (χ2n) is 6.34. The average Bonchev–Trinajstić information content (AvgIpc) is 2.67. The minimum absolute atomic E-state index is 0.264. The van der Waals surface area contributed by atoms with Crippen LogP contribution in [0.3, 0.4) is 0 Å². The molecule has 0 unspecified atom stereocenters. The van der Waals surface area contributed by atoms with Crippen molar-refractivity contribution < 1.29 is 13.9 Å². The molecule has 0 spiro atoms. The van der Waals surface area contributed by atoms with Crippen LogP contribution < -0.4 is 14.8 Å². The fourth-order valence-electron chi connectivity index (χ4n) is 2.77. The topological polar surface area (TPSA) is 30.5 Å². The number of anilines is 1. The second kappa shape index (κ2) is 9.43. The van der Waals surface area contributed by atoms with Crippen molar-refractivity contribution in [3.8, 4) is 11.5 Å². The zero-order valence-corrected chi connectivity index (χ0v) is 18.7. The van der Waals surface area contributed by atoms with Crippen molar-refractivity contribution in [1.29, 1.82) is 0 Å². The first kappa shape index (κ1) is 20.7. The van der Waals surface area contributed by atoms with Gasteiger partial charge in [-0.1, -0.05) is 28.1 Å². The second-order valence-corrected chi connectivity index (χ2v) is 8.11. The van der Waals surface area contributed by atoms with Gasteiger partial charge in [-0.2, -0.15) is 0 Å². The molecule has 3 aromatic carbocycles. The van der Waals surface area contributed by atoms with Crippen LogP contribution in [0.1, 0.15) is 16.7 Å². The lowest BCUT2D eigenvalue weighted by Crippen LogP contribution is -2.03. The van der Waals surface area contributed by atoms with Gasteiger partial charge < -0.3 is 14.8 Å². The summed E-state index contributed by atoms with van der Waals surface area (Å²) in [6, 6.07) is 16.3. The Morgan fingerprint density at radius 2 is 1.71 bits per heavy atom. The van der Waals surface area contributed by atoms with Gasteiger partial charge in [-0.25, -0.2) is 4.39 Å². The molecule has 6 heteroatoms. The summed E-state index contributed by atoms with van der Waals surface area (Å²) in [5, 5.41) is 3.44. The lowest BCUT2D eigenvalue weighted by molar-refractivity contribution is 0.282. The van der Waals surface area contributed by atoms with Crippen molar-refractivity contribution in [2.45, 2.75) is 20.1 Å². The van der Waals surface area contributed by atoms with Gasteiger partial charge in [0, 0.05) is 16.7 Å². The molecule has 0 aliphatic rings. The van der Waals surface area contributed by atoms with Crippen LogP contribution in [0, 0.1) is 12.7 Å². The molecule has 0 amide bonds. The number of methoxy groups -OCH3 is 1. The number of aryl methyl sites for hydroxylation is 1. The summed E-state index contributed by atoms with van der Waals surface area (Å²) in [6.45, 7) is 3.04. The van der Waals surface area contributed by atoms with Crippen LogP contribution in [0.5, 0.6) is 11.5 Å². The first-order chi connectivity index (χ1) is 13.5. The molecule has 0 heterocycles. The summed E-state index contributed by atoms with van der Waals surface area (Å²) in [5.41, 5.74) is 4.18. The van der Waals surface area contributed by atoms with E-state index >= 15 is 0 Å². The van der Waals surface area contributed by atoms with Crippen LogP contribution in [0.2, 0.25) is 0 Å². The monoisotopic (exact) mass is 507 g/mol. The van der Waals surface area contributed by atoms with Crippen LogP contribution in [0.15, 0.2) is 63.5 Å². The Labute approximate surface area is 181 Å². The number of ether oxygens (including phenoxy) is 2. The largest absolute Gasteiger partial charge is 0.493 e. The van der Waals surface area contributed by atoms with E-state index in [1.54, 1.807) is 19.2 Å². The van der Waals surface area contributed by atoms with Crippen molar-refractivity contribution in [2.75, 3.05) is 12.4 Å². The van der Waals surface area contributed by atoms with Crippen molar-refractivity contribution in [1.82, 2.24) is 0 Å². The summed E-state index contributed by atoms with van der Waals surface area (Å²) in [6.07, 6.45) is 0. The molecule has 0 saturated heterocycles. The van der Waals surface area contributed by atoms with Gasteiger partial charge in [-0.3, -0.25) is 0 Å². The first-order valence-electron chi connectivity index (χ1n) is 8.70. The Hall–Kier alpha value is -2.05. The molecule has 0 bridgehead atoms. The molecule has 0 atom stereocenters. The molecule has 3 rings (SSSR count). The van der Waals surface area contributed by atoms with Crippen LogP contribution in [0.4, 0.5) is 10.1 Å². The highest BCUT2D eigenvalue weighted by atomic mass is 79.9. The van der Waals surface area contributed by atoms with Gasteiger partial charge in [-0.05, 0) is 82.0 Å². The third-order valence-electron chi connectivity index (χ3n) is 4.26. The van der Waals surface area contributed by atoms with Gasteiger partial charge in [0.1, 0.15) is 12.4 Å². The third kappa shape index (κ3) is 5.26. The number of nitrogens with one attached hydrogen (secondary N) is 1. The number of benzene rings is 3. The first-order valence-corrected chi connectivity index (χ1v) is 10.3. The lowest BCUT2D eigenvalue weighted by Gasteiger charge is -2.16. The number of hydrogen-bond donors (Lipinski definition) is 1. The minimum Gasteiger partial charge on any atom is -0.493 e. The summed E-state index contributed by atoms with van der Waals surface area (Å²) in [5.74, 6) is 0.997. The maximum Gasteiger partial charge on any atom is 0.175 e. The van der Waals surface area contributed by atoms with Gasteiger partial charge in [-0.15, -0.1) is 0 Å². The zero-order valence-electron chi connectivity index (χ0n) is 15.6. The van der Waals surface area contributed by atoms with Crippen LogP contribution in [0.25, 0.3) is 0 Å². The van der Waals surface area contributed by atoms with E-state index in [1.165, 1.54) is 17.7 Å². The highest BCUT2D eigenvalue weighted by Crippen LogP contribution is 2.37. The number of rotatable bonds is 7. The molecule has 28 heavy (non-hydrogen) atoms. The molecule has 0 radical (unpaired) electrons. The number of hydrogen-bond acceptors (Lipinski definition) is 3. The molecule has 3 aromatic rings. The van der Waals surface area contributed by atoms with Crippen LogP contribution in [-0.4, -0.2) is 7.11 Å². The van der Waals surface area contributed by atoms with Gasteiger partial charge in [0.25, 0.3) is 0 Å². The van der Waals surface area contributed by atoms with E-state index in [9.17, 15) is 4.39 Å². The van der Waals surface area contributed by atoms with E-state index in [4.69, 9.17) is 9.47 Å². The van der Waals surface area contributed by atoms with Crippen molar-refractivity contribution >= 4 is 37.5 Å². The average molecular weight is 509 g/mol. The molecule has 1 N–H and O–H groups in total. The molecule has 3 nitrogen and oxygen atoms in total.